The first-order valence-corrected chi connectivity index (χ1v) is 7.99. The van der Waals surface area contributed by atoms with Crippen LogP contribution in [0.3, 0.4) is 0 Å². The first-order valence-electron chi connectivity index (χ1n) is 7.17. The summed E-state index contributed by atoms with van der Waals surface area (Å²) in [6, 6.07) is 14.9. The molecule has 0 unspecified atom stereocenters. The zero-order valence-corrected chi connectivity index (χ0v) is 13.3. The van der Waals surface area contributed by atoms with Gasteiger partial charge in [-0.25, -0.2) is 0 Å². The van der Waals surface area contributed by atoms with Gasteiger partial charge >= 0.3 is 0 Å². The maximum absolute atomic E-state index is 12.4. The molecule has 2 aromatic carbocycles. The Kier molecular flexibility index (Phi) is 4.48. The highest BCUT2D eigenvalue weighted by atomic mass is 32.2. The van der Waals surface area contributed by atoms with Gasteiger partial charge in [0, 0.05) is 5.56 Å². The normalized spacial score (nSPS) is 16.0. The second kappa shape index (κ2) is 6.72. The highest BCUT2D eigenvalue weighted by Gasteiger charge is 2.36. The summed E-state index contributed by atoms with van der Waals surface area (Å²) in [6.07, 6.45) is 1.53. The Labute approximate surface area is 142 Å². The van der Waals surface area contributed by atoms with E-state index in [4.69, 9.17) is 0 Å². The fourth-order valence-electron chi connectivity index (χ4n) is 2.26. The molecular formula is C18H13NO4S. The summed E-state index contributed by atoms with van der Waals surface area (Å²) in [7, 11) is 0. The van der Waals surface area contributed by atoms with E-state index in [1.807, 2.05) is 0 Å². The van der Waals surface area contributed by atoms with Gasteiger partial charge < -0.3 is 5.11 Å². The SMILES string of the molecule is O=C(CN1C(=O)S/C(=C\c2cccc(O)c2)C1=O)c1ccccc1. The number of hydrogen-bond donors (Lipinski definition) is 1. The molecule has 2 aromatic rings. The van der Waals surface area contributed by atoms with Crippen molar-refractivity contribution in [3.8, 4) is 5.75 Å². The van der Waals surface area contributed by atoms with Crippen LogP contribution in [0.15, 0.2) is 59.5 Å². The molecule has 1 aliphatic heterocycles. The van der Waals surface area contributed by atoms with Crippen LogP contribution >= 0.6 is 11.8 Å². The lowest BCUT2D eigenvalue weighted by molar-refractivity contribution is -0.122. The Morgan fingerprint density at radius 1 is 1.08 bits per heavy atom. The van der Waals surface area contributed by atoms with E-state index >= 15 is 0 Å². The first kappa shape index (κ1) is 16.0. The van der Waals surface area contributed by atoms with Crippen molar-refractivity contribution in [1.82, 2.24) is 4.90 Å². The lowest BCUT2D eigenvalue weighted by Gasteiger charge is -2.11. The number of imide groups is 1. The Hall–Kier alpha value is -2.86. The third kappa shape index (κ3) is 3.38. The Morgan fingerprint density at radius 2 is 1.83 bits per heavy atom. The molecule has 5 nitrogen and oxygen atoms in total. The molecule has 0 atom stereocenters. The zero-order chi connectivity index (χ0) is 17.1. The van der Waals surface area contributed by atoms with Crippen LogP contribution in [0.25, 0.3) is 6.08 Å². The number of phenols is 1. The fraction of sp³-hybridized carbons (Fsp3) is 0.0556. The molecule has 1 saturated heterocycles. The van der Waals surface area contributed by atoms with Crippen LogP contribution in [0.1, 0.15) is 15.9 Å². The minimum Gasteiger partial charge on any atom is -0.508 e. The molecule has 24 heavy (non-hydrogen) atoms. The summed E-state index contributed by atoms with van der Waals surface area (Å²) in [4.78, 5) is 37.8. The van der Waals surface area contributed by atoms with Crippen LogP contribution in [0.2, 0.25) is 0 Å². The summed E-state index contributed by atoms with van der Waals surface area (Å²) in [5, 5.41) is 8.98. The zero-order valence-electron chi connectivity index (χ0n) is 12.5. The predicted octanol–water partition coefficient (Wildman–Crippen LogP) is 3.31. The molecule has 1 heterocycles. The molecule has 1 fully saturated rings. The van der Waals surface area contributed by atoms with Crippen molar-refractivity contribution in [2.45, 2.75) is 0 Å². The number of amides is 2. The van der Waals surface area contributed by atoms with Crippen molar-refractivity contribution >= 4 is 34.8 Å². The van der Waals surface area contributed by atoms with Crippen molar-refractivity contribution in [3.63, 3.8) is 0 Å². The van der Waals surface area contributed by atoms with E-state index < -0.39 is 11.1 Å². The van der Waals surface area contributed by atoms with Crippen LogP contribution in [0.5, 0.6) is 5.75 Å². The second-order valence-electron chi connectivity index (χ2n) is 5.15. The average Bonchev–Trinajstić information content (AvgIpc) is 2.83. The summed E-state index contributed by atoms with van der Waals surface area (Å²) in [5.41, 5.74) is 1.06. The molecule has 120 valence electrons. The summed E-state index contributed by atoms with van der Waals surface area (Å²) in [6.45, 7) is -0.286. The van der Waals surface area contributed by atoms with Crippen LogP contribution in [0, 0.1) is 0 Å². The lowest BCUT2D eigenvalue weighted by Crippen LogP contribution is -2.33. The van der Waals surface area contributed by atoms with Crippen LogP contribution in [-0.4, -0.2) is 33.5 Å². The highest BCUT2D eigenvalue weighted by molar-refractivity contribution is 8.18. The number of Topliss-reactive ketones (excluding diaryl/α,β-unsaturated/α-hetero) is 1. The number of phenolic OH excluding ortho intramolecular Hbond substituents is 1. The largest absolute Gasteiger partial charge is 0.508 e. The Balaban J connectivity index is 1.78. The molecular weight excluding hydrogens is 326 g/mol. The van der Waals surface area contributed by atoms with Gasteiger partial charge in [-0.1, -0.05) is 42.5 Å². The quantitative estimate of drug-likeness (QED) is 0.683. The van der Waals surface area contributed by atoms with Crippen molar-refractivity contribution in [2.24, 2.45) is 0 Å². The van der Waals surface area contributed by atoms with E-state index in [0.717, 1.165) is 16.7 Å². The number of thioether (sulfide) groups is 1. The van der Waals surface area contributed by atoms with Gasteiger partial charge in [0.2, 0.25) is 0 Å². The molecule has 0 aromatic heterocycles. The topological polar surface area (TPSA) is 74.7 Å². The predicted molar refractivity (Wildman–Crippen MR) is 91.6 cm³/mol. The molecule has 0 radical (unpaired) electrons. The minimum absolute atomic E-state index is 0.0715. The van der Waals surface area contributed by atoms with Crippen LogP contribution < -0.4 is 0 Å². The average molecular weight is 339 g/mol. The lowest BCUT2D eigenvalue weighted by atomic mass is 10.1. The van der Waals surface area contributed by atoms with Gasteiger partial charge in [0.05, 0.1) is 11.4 Å². The molecule has 3 rings (SSSR count). The molecule has 1 N–H and O–H groups in total. The fourth-order valence-corrected chi connectivity index (χ4v) is 3.10. The first-order chi connectivity index (χ1) is 11.5. The number of benzene rings is 2. The van der Waals surface area contributed by atoms with Gasteiger partial charge in [-0.2, -0.15) is 0 Å². The monoisotopic (exact) mass is 339 g/mol. The van der Waals surface area contributed by atoms with E-state index in [1.165, 1.54) is 18.2 Å². The molecule has 0 aliphatic carbocycles. The van der Waals surface area contributed by atoms with Crippen LogP contribution in [0.4, 0.5) is 4.79 Å². The number of rotatable bonds is 4. The minimum atomic E-state index is -0.502. The third-order valence-electron chi connectivity index (χ3n) is 3.44. The molecule has 2 amide bonds. The van der Waals surface area contributed by atoms with Crippen molar-refractivity contribution in [1.29, 1.82) is 0 Å². The van der Waals surface area contributed by atoms with E-state index in [1.54, 1.807) is 42.5 Å². The molecule has 0 spiro atoms. The highest BCUT2D eigenvalue weighted by Crippen LogP contribution is 2.32. The van der Waals surface area contributed by atoms with Gasteiger partial charge in [0.1, 0.15) is 5.75 Å². The van der Waals surface area contributed by atoms with E-state index in [2.05, 4.69) is 0 Å². The van der Waals surface area contributed by atoms with Crippen LogP contribution in [-0.2, 0) is 4.79 Å². The Bertz CT molecular complexity index is 845. The molecule has 0 saturated carbocycles. The van der Waals surface area contributed by atoms with Crippen molar-refractivity contribution in [3.05, 3.63) is 70.6 Å². The van der Waals surface area contributed by atoms with Crippen molar-refractivity contribution in [2.75, 3.05) is 6.54 Å². The number of nitrogens with zero attached hydrogens (tertiary/aromatic N) is 1. The molecule has 6 heteroatoms. The van der Waals surface area contributed by atoms with E-state index in [0.29, 0.717) is 11.1 Å². The summed E-state index contributed by atoms with van der Waals surface area (Å²) < 4.78 is 0. The van der Waals surface area contributed by atoms with E-state index in [-0.39, 0.29) is 23.0 Å². The summed E-state index contributed by atoms with van der Waals surface area (Å²) in [5.74, 6) is -0.726. The standard InChI is InChI=1S/C18H13NO4S/c20-14-8-4-5-12(9-14)10-16-17(22)19(18(23)24-16)11-15(21)13-6-2-1-3-7-13/h1-10,20H,11H2/b16-10-. The third-order valence-corrected chi connectivity index (χ3v) is 4.35. The van der Waals surface area contributed by atoms with Gasteiger partial charge in [-0.3, -0.25) is 19.3 Å². The molecule has 0 bridgehead atoms. The van der Waals surface area contributed by atoms with Gasteiger partial charge in [0.25, 0.3) is 11.1 Å². The van der Waals surface area contributed by atoms with E-state index in [9.17, 15) is 19.5 Å². The number of aromatic hydroxyl groups is 1. The number of carbonyl (C=O) groups is 3. The van der Waals surface area contributed by atoms with Gasteiger partial charge in [-0.05, 0) is 35.5 Å². The molecule has 1 aliphatic rings. The maximum Gasteiger partial charge on any atom is 0.293 e. The number of ketones is 1. The smallest absolute Gasteiger partial charge is 0.293 e. The van der Waals surface area contributed by atoms with Crippen molar-refractivity contribution < 1.29 is 19.5 Å². The second-order valence-corrected chi connectivity index (χ2v) is 6.15. The number of carbonyl (C=O) groups excluding carboxylic acids is 3. The van der Waals surface area contributed by atoms with Gasteiger partial charge in [0.15, 0.2) is 5.78 Å². The summed E-state index contributed by atoms with van der Waals surface area (Å²) >= 11 is 0.784. The number of hydrogen-bond acceptors (Lipinski definition) is 5. The Morgan fingerprint density at radius 3 is 2.54 bits per heavy atom. The maximum atomic E-state index is 12.4. The van der Waals surface area contributed by atoms with Gasteiger partial charge in [-0.15, -0.1) is 0 Å².